The van der Waals surface area contributed by atoms with Crippen LogP contribution in [0.5, 0.6) is 0 Å². The summed E-state index contributed by atoms with van der Waals surface area (Å²) >= 11 is 0. The van der Waals surface area contributed by atoms with Crippen molar-refractivity contribution in [3.63, 3.8) is 0 Å². The van der Waals surface area contributed by atoms with Gasteiger partial charge in [0.15, 0.2) is 0 Å². The summed E-state index contributed by atoms with van der Waals surface area (Å²) in [6, 6.07) is 11.3. The number of nitrogens with one attached hydrogen (secondary N) is 2. The van der Waals surface area contributed by atoms with Gasteiger partial charge in [0, 0.05) is 12.6 Å². The lowest BCUT2D eigenvalue weighted by molar-refractivity contribution is 0.525. The van der Waals surface area contributed by atoms with E-state index in [4.69, 9.17) is 0 Å². The van der Waals surface area contributed by atoms with E-state index in [1.54, 1.807) is 0 Å². The van der Waals surface area contributed by atoms with Crippen molar-refractivity contribution in [1.82, 2.24) is 10.6 Å². The Morgan fingerprint density at radius 3 is 2.86 bits per heavy atom. The molecule has 14 heavy (non-hydrogen) atoms. The van der Waals surface area contributed by atoms with E-state index in [1.165, 1.54) is 12.0 Å². The van der Waals surface area contributed by atoms with Crippen molar-refractivity contribution in [2.45, 2.75) is 18.9 Å². The quantitative estimate of drug-likeness (QED) is 0.732. The molecule has 1 aromatic rings. The second-order valence-corrected chi connectivity index (χ2v) is 3.90. The maximum absolute atomic E-state index is 3.57. The van der Waals surface area contributed by atoms with Crippen LogP contribution in [-0.4, -0.2) is 25.7 Å². The van der Waals surface area contributed by atoms with Crippen LogP contribution in [0.25, 0.3) is 0 Å². The van der Waals surface area contributed by atoms with Gasteiger partial charge < -0.3 is 10.6 Å². The summed E-state index contributed by atoms with van der Waals surface area (Å²) in [7, 11) is 0. The summed E-state index contributed by atoms with van der Waals surface area (Å²) in [5.74, 6) is 0. The Balaban J connectivity index is 1.90. The van der Waals surface area contributed by atoms with Crippen LogP contribution in [0.3, 0.4) is 0 Å². The highest BCUT2D eigenvalue weighted by Gasteiger charge is 2.10. The molecule has 2 N–H and O–H groups in total. The molecule has 76 valence electrons. The van der Waals surface area contributed by atoms with Gasteiger partial charge in [-0.3, -0.25) is 0 Å². The summed E-state index contributed by atoms with van der Waals surface area (Å²) in [5, 5.41) is 7.02. The Bertz CT molecular complexity index is 250. The second kappa shape index (κ2) is 5.13. The van der Waals surface area contributed by atoms with E-state index >= 15 is 0 Å². The predicted octanol–water partition coefficient (Wildman–Crippen LogP) is 1.18. The summed E-state index contributed by atoms with van der Waals surface area (Å²) in [6.45, 7) is 3.39. The lowest BCUT2D eigenvalue weighted by Gasteiger charge is -2.15. The molecule has 1 heterocycles. The summed E-state index contributed by atoms with van der Waals surface area (Å²) in [5.41, 5.74) is 1.42. The maximum atomic E-state index is 3.57. The first kappa shape index (κ1) is 9.69. The molecule has 0 saturated carbocycles. The van der Waals surface area contributed by atoms with Gasteiger partial charge in [-0.25, -0.2) is 0 Å². The minimum absolute atomic E-state index is 0.597. The summed E-state index contributed by atoms with van der Waals surface area (Å²) < 4.78 is 0. The molecule has 1 fully saturated rings. The van der Waals surface area contributed by atoms with E-state index in [-0.39, 0.29) is 0 Å². The highest BCUT2D eigenvalue weighted by atomic mass is 15.0. The van der Waals surface area contributed by atoms with Crippen molar-refractivity contribution in [1.29, 1.82) is 0 Å². The lowest BCUT2D eigenvalue weighted by Crippen LogP contribution is -2.36. The minimum atomic E-state index is 0.597. The highest BCUT2D eigenvalue weighted by Crippen LogP contribution is 2.03. The third-order valence-corrected chi connectivity index (χ3v) is 2.68. The molecular weight excluding hydrogens is 172 g/mol. The van der Waals surface area contributed by atoms with Gasteiger partial charge in [0.05, 0.1) is 0 Å². The lowest BCUT2D eigenvalue weighted by atomic mass is 10.1. The molecule has 0 amide bonds. The molecule has 0 bridgehead atoms. The molecule has 0 spiro atoms. The number of rotatable bonds is 2. The average molecular weight is 190 g/mol. The molecule has 2 nitrogen and oxygen atoms in total. The van der Waals surface area contributed by atoms with Crippen LogP contribution < -0.4 is 10.6 Å². The Labute approximate surface area is 85.7 Å². The van der Waals surface area contributed by atoms with E-state index in [1.807, 2.05) is 0 Å². The number of hydrogen-bond donors (Lipinski definition) is 2. The van der Waals surface area contributed by atoms with Crippen LogP contribution in [0.4, 0.5) is 0 Å². The SMILES string of the molecule is c1ccc(CC2CNCCCN2)cc1. The largest absolute Gasteiger partial charge is 0.315 e. The van der Waals surface area contributed by atoms with Gasteiger partial charge in [0.25, 0.3) is 0 Å². The van der Waals surface area contributed by atoms with Crippen LogP contribution >= 0.6 is 0 Å². The van der Waals surface area contributed by atoms with E-state index in [2.05, 4.69) is 41.0 Å². The van der Waals surface area contributed by atoms with Crippen LogP contribution in [-0.2, 0) is 6.42 Å². The van der Waals surface area contributed by atoms with Crippen molar-refractivity contribution < 1.29 is 0 Å². The van der Waals surface area contributed by atoms with Gasteiger partial charge in [0.1, 0.15) is 0 Å². The fraction of sp³-hybridized carbons (Fsp3) is 0.500. The molecule has 1 aliphatic heterocycles. The zero-order valence-corrected chi connectivity index (χ0v) is 8.50. The van der Waals surface area contributed by atoms with E-state index in [0.717, 1.165) is 26.1 Å². The van der Waals surface area contributed by atoms with Crippen LogP contribution in [0.15, 0.2) is 30.3 Å². The van der Waals surface area contributed by atoms with E-state index in [9.17, 15) is 0 Å². The van der Waals surface area contributed by atoms with Crippen molar-refractivity contribution in [3.05, 3.63) is 35.9 Å². The van der Waals surface area contributed by atoms with Crippen LogP contribution in [0.1, 0.15) is 12.0 Å². The van der Waals surface area contributed by atoms with Crippen molar-refractivity contribution in [3.8, 4) is 0 Å². The third kappa shape index (κ3) is 2.82. The zero-order chi connectivity index (χ0) is 9.64. The van der Waals surface area contributed by atoms with E-state index in [0.29, 0.717) is 6.04 Å². The smallest absolute Gasteiger partial charge is 0.0232 e. The fourth-order valence-electron chi connectivity index (χ4n) is 1.91. The molecule has 0 aliphatic carbocycles. The van der Waals surface area contributed by atoms with E-state index < -0.39 is 0 Å². The van der Waals surface area contributed by atoms with Crippen LogP contribution in [0.2, 0.25) is 0 Å². The van der Waals surface area contributed by atoms with Gasteiger partial charge in [-0.2, -0.15) is 0 Å². The van der Waals surface area contributed by atoms with Gasteiger partial charge >= 0.3 is 0 Å². The monoisotopic (exact) mass is 190 g/mol. The highest BCUT2D eigenvalue weighted by molar-refractivity contribution is 5.16. The maximum Gasteiger partial charge on any atom is 0.0232 e. The summed E-state index contributed by atoms with van der Waals surface area (Å²) in [4.78, 5) is 0. The summed E-state index contributed by atoms with van der Waals surface area (Å²) in [6.07, 6.45) is 2.37. The molecule has 1 saturated heterocycles. The topological polar surface area (TPSA) is 24.1 Å². The minimum Gasteiger partial charge on any atom is -0.315 e. The Hall–Kier alpha value is -0.860. The predicted molar refractivity (Wildman–Crippen MR) is 59.4 cm³/mol. The standard InChI is InChI=1S/C12H18N2/c1-2-5-11(6-3-1)9-12-10-13-7-4-8-14-12/h1-3,5-6,12-14H,4,7-10H2. The van der Waals surface area contributed by atoms with Gasteiger partial charge in [-0.1, -0.05) is 30.3 Å². The zero-order valence-electron chi connectivity index (χ0n) is 8.50. The van der Waals surface area contributed by atoms with Crippen molar-refractivity contribution in [2.24, 2.45) is 0 Å². The first-order valence-electron chi connectivity index (χ1n) is 5.43. The molecule has 0 aromatic heterocycles. The van der Waals surface area contributed by atoms with Gasteiger partial charge in [-0.05, 0) is 31.5 Å². The molecule has 0 radical (unpaired) electrons. The van der Waals surface area contributed by atoms with Gasteiger partial charge in [0.2, 0.25) is 0 Å². The Morgan fingerprint density at radius 1 is 1.14 bits per heavy atom. The Morgan fingerprint density at radius 2 is 2.00 bits per heavy atom. The average Bonchev–Trinajstić information content (AvgIpc) is 2.48. The third-order valence-electron chi connectivity index (χ3n) is 2.68. The normalized spacial score (nSPS) is 23.0. The second-order valence-electron chi connectivity index (χ2n) is 3.90. The molecule has 2 rings (SSSR count). The molecule has 1 atom stereocenters. The van der Waals surface area contributed by atoms with Crippen molar-refractivity contribution >= 4 is 0 Å². The molecule has 1 aromatic carbocycles. The van der Waals surface area contributed by atoms with Crippen molar-refractivity contribution in [2.75, 3.05) is 19.6 Å². The number of benzene rings is 1. The molecule has 1 unspecified atom stereocenters. The molecule has 1 aliphatic rings. The molecule has 2 heteroatoms. The van der Waals surface area contributed by atoms with Crippen LogP contribution in [0, 0.1) is 0 Å². The fourth-order valence-corrected chi connectivity index (χ4v) is 1.91. The van der Waals surface area contributed by atoms with Gasteiger partial charge in [-0.15, -0.1) is 0 Å². The Kier molecular flexibility index (Phi) is 3.55. The molecular formula is C12H18N2. The first-order valence-corrected chi connectivity index (χ1v) is 5.43. The number of hydrogen-bond acceptors (Lipinski definition) is 2. The first-order chi connectivity index (χ1) is 6.95.